The second-order valence-corrected chi connectivity index (χ2v) is 8.19. The molecule has 1 aliphatic heterocycles. The summed E-state index contributed by atoms with van der Waals surface area (Å²) in [5.41, 5.74) is 2.31. The molecule has 1 N–H and O–H groups in total. The number of ether oxygens (including phenoxy) is 2. The average Bonchev–Trinajstić information content (AvgIpc) is 2.99. The third kappa shape index (κ3) is 4.40. The van der Waals surface area contributed by atoms with Crippen LogP contribution in [-0.2, 0) is 11.3 Å². The van der Waals surface area contributed by atoms with Crippen molar-refractivity contribution in [2.45, 2.75) is 39.8 Å². The van der Waals surface area contributed by atoms with Gasteiger partial charge >= 0.3 is 0 Å². The molecular formula is C24H27N3O4. The van der Waals surface area contributed by atoms with Crippen molar-refractivity contribution in [1.82, 2.24) is 14.9 Å². The number of rotatable bonds is 5. The topological polar surface area (TPSA) is 82.5 Å². The van der Waals surface area contributed by atoms with Crippen molar-refractivity contribution in [3.63, 3.8) is 0 Å². The van der Waals surface area contributed by atoms with E-state index in [-0.39, 0.29) is 30.0 Å². The van der Waals surface area contributed by atoms with Gasteiger partial charge in [0.25, 0.3) is 5.56 Å². The first-order valence-electron chi connectivity index (χ1n) is 10.6. The summed E-state index contributed by atoms with van der Waals surface area (Å²) >= 11 is 0. The van der Waals surface area contributed by atoms with E-state index in [4.69, 9.17) is 9.47 Å². The fourth-order valence-electron chi connectivity index (χ4n) is 3.83. The van der Waals surface area contributed by atoms with Crippen LogP contribution in [0.5, 0.6) is 11.5 Å². The van der Waals surface area contributed by atoms with Gasteiger partial charge in [-0.25, -0.2) is 4.98 Å². The summed E-state index contributed by atoms with van der Waals surface area (Å²) in [5.74, 6) is 1.31. The highest BCUT2D eigenvalue weighted by molar-refractivity contribution is 5.81. The molecule has 0 aliphatic carbocycles. The van der Waals surface area contributed by atoms with Gasteiger partial charge in [0.05, 0.1) is 36.5 Å². The molecule has 1 amide bonds. The van der Waals surface area contributed by atoms with Gasteiger partial charge in [-0.15, -0.1) is 0 Å². The maximum Gasteiger partial charge on any atom is 0.261 e. The molecule has 162 valence electrons. The molecule has 0 saturated carbocycles. The number of aromatic nitrogens is 2. The molecule has 2 aromatic carbocycles. The molecule has 7 heteroatoms. The van der Waals surface area contributed by atoms with E-state index < -0.39 is 0 Å². The quantitative estimate of drug-likeness (QED) is 0.683. The highest BCUT2D eigenvalue weighted by Gasteiger charge is 2.21. The first-order valence-corrected chi connectivity index (χ1v) is 10.6. The second-order valence-electron chi connectivity index (χ2n) is 8.19. The van der Waals surface area contributed by atoms with Crippen molar-refractivity contribution in [1.29, 1.82) is 0 Å². The zero-order valence-electron chi connectivity index (χ0n) is 18.1. The molecule has 0 unspecified atom stereocenters. The van der Waals surface area contributed by atoms with Crippen LogP contribution >= 0.6 is 0 Å². The van der Waals surface area contributed by atoms with Gasteiger partial charge in [0.2, 0.25) is 5.91 Å². The number of carbonyl (C=O) groups is 1. The van der Waals surface area contributed by atoms with Gasteiger partial charge in [-0.05, 0) is 42.2 Å². The Hall–Kier alpha value is -3.35. The van der Waals surface area contributed by atoms with Crippen LogP contribution in [0.15, 0.2) is 47.5 Å². The Balaban J connectivity index is 1.55. The summed E-state index contributed by atoms with van der Waals surface area (Å²) < 4.78 is 12.8. The van der Waals surface area contributed by atoms with Crippen LogP contribution in [-0.4, -0.2) is 28.7 Å². The summed E-state index contributed by atoms with van der Waals surface area (Å²) in [6, 6.07) is 11.0. The van der Waals surface area contributed by atoms with E-state index in [0.29, 0.717) is 29.9 Å². The van der Waals surface area contributed by atoms with Crippen LogP contribution in [0.1, 0.15) is 37.4 Å². The van der Waals surface area contributed by atoms with E-state index in [1.165, 1.54) is 10.9 Å². The van der Waals surface area contributed by atoms with E-state index in [9.17, 15) is 9.59 Å². The van der Waals surface area contributed by atoms with E-state index in [1.807, 2.05) is 51.1 Å². The number of hydrogen-bond donors (Lipinski definition) is 1. The molecule has 2 heterocycles. The van der Waals surface area contributed by atoms with Crippen molar-refractivity contribution >= 4 is 16.8 Å². The highest BCUT2D eigenvalue weighted by atomic mass is 16.5. The molecule has 0 saturated heterocycles. The molecule has 0 radical (unpaired) electrons. The molecule has 7 nitrogen and oxygen atoms in total. The van der Waals surface area contributed by atoms with Crippen molar-refractivity contribution in [3.8, 4) is 11.5 Å². The minimum absolute atomic E-state index is 0.0938. The van der Waals surface area contributed by atoms with Gasteiger partial charge in [-0.1, -0.05) is 32.0 Å². The lowest BCUT2D eigenvalue weighted by molar-refractivity contribution is -0.122. The second kappa shape index (κ2) is 8.79. The molecule has 4 rings (SSSR count). The van der Waals surface area contributed by atoms with E-state index in [0.717, 1.165) is 23.3 Å². The predicted octanol–water partition coefficient (Wildman–Crippen LogP) is 3.38. The molecule has 1 aromatic heterocycles. The lowest BCUT2D eigenvalue weighted by Gasteiger charge is -2.24. The SMILES string of the molecule is Cc1cccc2c(=O)n(CC(=O)N[C@@H](c3ccc4c(c3)OCCCO4)C(C)C)cnc12. The Labute approximate surface area is 181 Å². The van der Waals surface area contributed by atoms with Crippen LogP contribution in [0.3, 0.4) is 0 Å². The Morgan fingerprint density at radius 3 is 2.71 bits per heavy atom. The van der Waals surface area contributed by atoms with Crippen LogP contribution in [0, 0.1) is 12.8 Å². The standard InChI is InChI=1S/C24H27N3O4/c1-15(2)22(17-8-9-19-20(12-17)31-11-5-10-30-19)26-21(28)13-27-14-25-23-16(3)6-4-7-18(23)24(27)29/h4,6-9,12,14-15,22H,5,10-11,13H2,1-3H3,(H,26,28)/t22-/m1/s1. The van der Waals surface area contributed by atoms with Gasteiger partial charge in [-0.2, -0.15) is 0 Å². The summed E-state index contributed by atoms with van der Waals surface area (Å²) in [5, 5.41) is 3.58. The van der Waals surface area contributed by atoms with Crippen molar-refractivity contribution < 1.29 is 14.3 Å². The fourth-order valence-corrected chi connectivity index (χ4v) is 3.83. The molecule has 0 bridgehead atoms. The first-order chi connectivity index (χ1) is 14.9. The van der Waals surface area contributed by atoms with Crippen molar-refractivity contribution in [3.05, 3.63) is 64.2 Å². The Bertz CT molecular complexity index is 1170. The van der Waals surface area contributed by atoms with Gasteiger partial charge in [0.1, 0.15) is 6.54 Å². The normalized spacial score (nSPS) is 14.3. The van der Waals surface area contributed by atoms with Crippen LogP contribution in [0.25, 0.3) is 10.9 Å². The van der Waals surface area contributed by atoms with Gasteiger partial charge < -0.3 is 14.8 Å². The first kappa shape index (κ1) is 20.9. The number of aryl methyl sites for hydroxylation is 1. The molecule has 1 atom stereocenters. The molecular weight excluding hydrogens is 394 g/mol. The van der Waals surface area contributed by atoms with Gasteiger partial charge in [0, 0.05) is 6.42 Å². The predicted molar refractivity (Wildman–Crippen MR) is 119 cm³/mol. The van der Waals surface area contributed by atoms with E-state index >= 15 is 0 Å². The number of benzene rings is 2. The number of nitrogens with zero attached hydrogens (tertiary/aromatic N) is 2. The summed E-state index contributed by atoms with van der Waals surface area (Å²) in [6.45, 7) is 7.14. The summed E-state index contributed by atoms with van der Waals surface area (Å²) in [4.78, 5) is 30.0. The fraction of sp³-hybridized carbons (Fsp3) is 0.375. The Morgan fingerprint density at radius 2 is 1.94 bits per heavy atom. The minimum atomic E-state index is -0.248. The number of fused-ring (bicyclic) bond motifs is 2. The van der Waals surface area contributed by atoms with Gasteiger partial charge in [0.15, 0.2) is 11.5 Å². The number of carbonyl (C=O) groups excluding carboxylic acids is 1. The largest absolute Gasteiger partial charge is 0.490 e. The number of hydrogen-bond acceptors (Lipinski definition) is 5. The Morgan fingerprint density at radius 1 is 1.16 bits per heavy atom. The zero-order valence-corrected chi connectivity index (χ0v) is 18.1. The lowest BCUT2D eigenvalue weighted by Crippen LogP contribution is -2.36. The summed E-state index contributed by atoms with van der Waals surface area (Å²) in [6.07, 6.45) is 2.28. The van der Waals surface area contributed by atoms with Crippen LogP contribution in [0.2, 0.25) is 0 Å². The maximum absolute atomic E-state index is 12.8. The maximum atomic E-state index is 12.8. The summed E-state index contributed by atoms with van der Waals surface area (Å²) in [7, 11) is 0. The third-order valence-corrected chi connectivity index (χ3v) is 5.48. The zero-order chi connectivity index (χ0) is 22.0. The third-order valence-electron chi connectivity index (χ3n) is 5.48. The van der Waals surface area contributed by atoms with Crippen LogP contribution in [0.4, 0.5) is 0 Å². The smallest absolute Gasteiger partial charge is 0.261 e. The number of para-hydroxylation sites is 1. The highest BCUT2D eigenvalue weighted by Crippen LogP contribution is 2.34. The monoisotopic (exact) mass is 421 g/mol. The van der Waals surface area contributed by atoms with E-state index in [1.54, 1.807) is 6.07 Å². The number of amides is 1. The van der Waals surface area contributed by atoms with Crippen LogP contribution < -0.4 is 20.3 Å². The molecule has 1 aliphatic rings. The van der Waals surface area contributed by atoms with Crippen molar-refractivity contribution in [2.75, 3.05) is 13.2 Å². The average molecular weight is 421 g/mol. The molecule has 0 spiro atoms. The minimum Gasteiger partial charge on any atom is -0.490 e. The van der Waals surface area contributed by atoms with Gasteiger partial charge in [-0.3, -0.25) is 14.2 Å². The van der Waals surface area contributed by atoms with E-state index in [2.05, 4.69) is 10.3 Å². The molecule has 3 aromatic rings. The molecule has 0 fully saturated rings. The van der Waals surface area contributed by atoms with Crippen molar-refractivity contribution in [2.24, 2.45) is 5.92 Å². The number of nitrogens with one attached hydrogen (secondary N) is 1. The Kier molecular flexibility index (Phi) is 5.93. The lowest BCUT2D eigenvalue weighted by atomic mass is 9.95. The molecule has 31 heavy (non-hydrogen) atoms.